The van der Waals surface area contributed by atoms with E-state index in [0.717, 1.165) is 37.6 Å². The molecule has 0 unspecified atom stereocenters. The molecule has 4 aromatic rings. The standard InChI is InChI=1S/C25H30FN9O2/c1-25(2,3)20-11-22(34-37-20)31-18-10-21(30-15-6-4-14(27)5-7-15)33-35-19(13-29-23(18)35)24(36)32-17-8-9-28-12-16(17)26/h8-15H,4-7,27H2,1-3H3,(H,30,33)(H,31,34)(H,28,32,36)/t14-,15-. The Morgan fingerprint density at radius 2 is 1.92 bits per heavy atom. The van der Waals surface area contributed by atoms with Gasteiger partial charge in [-0.25, -0.2) is 13.9 Å². The van der Waals surface area contributed by atoms with Gasteiger partial charge in [-0.2, -0.15) is 0 Å². The van der Waals surface area contributed by atoms with Gasteiger partial charge in [-0.3, -0.25) is 9.78 Å². The molecule has 4 aromatic heterocycles. The van der Waals surface area contributed by atoms with Crippen LogP contribution in [0.2, 0.25) is 0 Å². The van der Waals surface area contributed by atoms with E-state index in [0.29, 0.717) is 23.0 Å². The van der Waals surface area contributed by atoms with Crippen molar-refractivity contribution in [2.45, 2.75) is 64.0 Å². The number of rotatable bonds is 6. The molecule has 1 saturated carbocycles. The summed E-state index contributed by atoms with van der Waals surface area (Å²) in [6.07, 6.45) is 7.52. The summed E-state index contributed by atoms with van der Waals surface area (Å²) in [5.41, 5.74) is 6.98. The molecule has 12 heteroatoms. The first-order valence-corrected chi connectivity index (χ1v) is 12.2. The Bertz CT molecular complexity index is 1420. The van der Waals surface area contributed by atoms with E-state index < -0.39 is 11.7 Å². The predicted octanol–water partition coefficient (Wildman–Crippen LogP) is 4.23. The van der Waals surface area contributed by atoms with Crippen molar-refractivity contribution in [1.29, 1.82) is 0 Å². The van der Waals surface area contributed by atoms with Crippen LogP contribution < -0.4 is 21.7 Å². The summed E-state index contributed by atoms with van der Waals surface area (Å²) in [7, 11) is 0. The maximum absolute atomic E-state index is 14.1. The first kappa shape index (κ1) is 24.6. The topological polar surface area (TPSA) is 148 Å². The van der Waals surface area contributed by atoms with Crippen molar-refractivity contribution < 1.29 is 13.7 Å². The number of hydrogen-bond acceptors (Lipinski definition) is 9. The van der Waals surface area contributed by atoms with Gasteiger partial charge >= 0.3 is 0 Å². The third-order valence-electron chi connectivity index (χ3n) is 6.36. The number of amides is 1. The van der Waals surface area contributed by atoms with Gasteiger partial charge in [0.05, 0.1) is 23.8 Å². The normalized spacial score (nSPS) is 18.1. The number of hydrogen-bond donors (Lipinski definition) is 4. The Morgan fingerprint density at radius 1 is 1.14 bits per heavy atom. The Kier molecular flexibility index (Phi) is 6.50. The number of anilines is 4. The number of nitrogens with zero attached hydrogens (tertiary/aromatic N) is 5. The van der Waals surface area contributed by atoms with Crippen molar-refractivity contribution >= 4 is 34.6 Å². The van der Waals surface area contributed by atoms with Crippen LogP contribution >= 0.6 is 0 Å². The van der Waals surface area contributed by atoms with Gasteiger partial charge < -0.3 is 26.2 Å². The van der Waals surface area contributed by atoms with Crippen molar-refractivity contribution in [2.24, 2.45) is 5.73 Å². The lowest BCUT2D eigenvalue weighted by Gasteiger charge is -2.27. The summed E-state index contributed by atoms with van der Waals surface area (Å²) in [6, 6.07) is 5.45. The van der Waals surface area contributed by atoms with Crippen molar-refractivity contribution in [3.63, 3.8) is 0 Å². The smallest absolute Gasteiger partial charge is 0.276 e. The molecule has 0 bridgehead atoms. The molecular weight excluding hydrogens is 477 g/mol. The highest BCUT2D eigenvalue weighted by molar-refractivity contribution is 6.03. The summed E-state index contributed by atoms with van der Waals surface area (Å²) in [5, 5.41) is 18.1. The van der Waals surface area contributed by atoms with Crippen LogP contribution in [0.3, 0.4) is 0 Å². The quantitative estimate of drug-likeness (QED) is 0.301. The zero-order valence-corrected chi connectivity index (χ0v) is 21.0. The Hall–Kier alpha value is -4.06. The molecule has 4 heterocycles. The van der Waals surface area contributed by atoms with Crippen LogP contribution in [-0.2, 0) is 5.41 Å². The molecule has 1 aliphatic carbocycles. The van der Waals surface area contributed by atoms with Gasteiger partial charge in [0.1, 0.15) is 11.6 Å². The van der Waals surface area contributed by atoms with Gasteiger partial charge in [-0.1, -0.05) is 25.9 Å². The number of halogens is 1. The number of nitrogens with two attached hydrogens (primary N) is 1. The highest BCUT2D eigenvalue weighted by Gasteiger charge is 2.23. The second kappa shape index (κ2) is 9.77. The Morgan fingerprint density at radius 3 is 2.62 bits per heavy atom. The van der Waals surface area contributed by atoms with E-state index in [1.807, 2.05) is 32.9 Å². The number of aromatic nitrogens is 5. The molecule has 1 fully saturated rings. The largest absolute Gasteiger partial charge is 0.366 e. The molecule has 0 aromatic carbocycles. The number of nitrogens with one attached hydrogen (secondary N) is 3. The minimum atomic E-state index is -0.640. The third kappa shape index (κ3) is 5.38. The van der Waals surface area contributed by atoms with Gasteiger partial charge in [0.25, 0.3) is 5.91 Å². The summed E-state index contributed by atoms with van der Waals surface area (Å²) >= 11 is 0. The minimum Gasteiger partial charge on any atom is -0.366 e. The van der Waals surface area contributed by atoms with Gasteiger partial charge in [-0.15, -0.1) is 5.10 Å². The molecule has 0 radical (unpaired) electrons. The van der Waals surface area contributed by atoms with Crippen LogP contribution in [0.25, 0.3) is 5.65 Å². The van der Waals surface area contributed by atoms with Gasteiger partial charge in [0.15, 0.2) is 23.0 Å². The molecule has 0 saturated heterocycles. The van der Waals surface area contributed by atoms with Gasteiger partial charge in [-0.05, 0) is 31.7 Å². The van der Waals surface area contributed by atoms with Crippen molar-refractivity contribution in [1.82, 2.24) is 24.7 Å². The van der Waals surface area contributed by atoms with E-state index in [4.69, 9.17) is 10.3 Å². The molecule has 0 spiro atoms. The molecule has 37 heavy (non-hydrogen) atoms. The Balaban J connectivity index is 1.50. The molecule has 5 N–H and O–H groups in total. The van der Waals surface area contributed by atoms with E-state index in [1.165, 1.54) is 23.0 Å². The van der Waals surface area contributed by atoms with Crippen LogP contribution in [-0.4, -0.2) is 42.7 Å². The molecule has 0 aliphatic heterocycles. The second-order valence-electron chi connectivity index (χ2n) is 10.3. The highest BCUT2D eigenvalue weighted by atomic mass is 19.1. The Labute approximate surface area is 213 Å². The molecule has 0 atom stereocenters. The van der Waals surface area contributed by atoms with Crippen LogP contribution in [0, 0.1) is 5.82 Å². The van der Waals surface area contributed by atoms with E-state index >= 15 is 0 Å². The summed E-state index contributed by atoms with van der Waals surface area (Å²) in [5.74, 6) is 0.573. The fourth-order valence-corrected chi connectivity index (χ4v) is 4.25. The third-order valence-corrected chi connectivity index (χ3v) is 6.36. The SMILES string of the molecule is CC(C)(C)c1cc(Nc2cc(N[C@H]3CC[C@H](N)CC3)nn3c(C(=O)Nc4ccncc4F)cnc23)no1. The van der Waals surface area contributed by atoms with Crippen LogP contribution in [0.1, 0.15) is 62.7 Å². The maximum Gasteiger partial charge on any atom is 0.276 e. The van der Waals surface area contributed by atoms with Crippen LogP contribution in [0.4, 0.5) is 27.4 Å². The van der Waals surface area contributed by atoms with Crippen LogP contribution in [0.5, 0.6) is 0 Å². The number of fused-ring (bicyclic) bond motifs is 1. The first-order valence-electron chi connectivity index (χ1n) is 12.2. The predicted molar refractivity (Wildman–Crippen MR) is 137 cm³/mol. The van der Waals surface area contributed by atoms with E-state index in [2.05, 4.69) is 36.2 Å². The summed E-state index contributed by atoms with van der Waals surface area (Å²) < 4.78 is 21.0. The molecular formula is C25H30FN9O2. The lowest BCUT2D eigenvalue weighted by atomic mass is 9.92. The van der Waals surface area contributed by atoms with Crippen molar-refractivity contribution in [2.75, 3.05) is 16.0 Å². The zero-order valence-electron chi connectivity index (χ0n) is 21.0. The van der Waals surface area contributed by atoms with Crippen LogP contribution in [0.15, 0.2) is 41.3 Å². The zero-order chi connectivity index (χ0) is 26.2. The van der Waals surface area contributed by atoms with E-state index in [1.54, 1.807) is 0 Å². The molecule has 1 amide bonds. The van der Waals surface area contributed by atoms with Crippen molar-refractivity contribution in [3.8, 4) is 0 Å². The monoisotopic (exact) mass is 507 g/mol. The summed E-state index contributed by atoms with van der Waals surface area (Å²) in [4.78, 5) is 21.2. The average Bonchev–Trinajstić information content (AvgIpc) is 3.50. The van der Waals surface area contributed by atoms with Crippen molar-refractivity contribution in [3.05, 3.63) is 54.1 Å². The fourth-order valence-electron chi connectivity index (χ4n) is 4.25. The minimum absolute atomic E-state index is 0.0124. The maximum atomic E-state index is 14.1. The average molecular weight is 508 g/mol. The number of pyridine rings is 1. The second-order valence-corrected chi connectivity index (χ2v) is 10.3. The molecule has 5 rings (SSSR count). The van der Waals surface area contributed by atoms with E-state index in [9.17, 15) is 9.18 Å². The highest BCUT2D eigenvalue weighted by Crippen LogP contribution is 2.29. The number of carbonyl (C=O) groups is 1. The molecule has 1 aliphatic rings. The van der Waals surface area contributed by atoms with E-state index in [-0.39, 0.29) is 28.9 Å². The van der Waals surface area contributed by atoms with Gasteiger partial charge in [0, 0.05) is 35.8 Å². The molecule has 11 nitrogen and oxygen atoms in total. The number of imidazole rings is 1. The van der Waals surface area contributed by atoms with Gasteiger partial charge in [0.2, 0.25) is 0 Å². The number of carbonyl (C=O) groups excluding carboxylic acids is 1. The summed E-state index contributed by atoms with van der Waals surface area (Å²) in [6.45, 7) is 6.10. The molecule has 194 valence electrons. The lowest BCUT2D eigenvalue weighted by molar-refractivity contribution is 0.102. The fraction of sp³-hybridized carbons (Fsp3) is 0.400. The lowest BCUT2D eigenvalue weighted by Crippen LogP contribution is -2.33. The first-order chi connectivity index (χ1) is 17.7.